The second-order valence-electron chi connectivity index (χ2n) is 3.88. The lowest BCUT2D eigenvalue weighted by Gasteiger charge is -2.22. The van der Waals surface area contributed by atoms with E-state index in [1.165, 1.54) is 18.6 Å². The van der Waals surface area contributed by atoms with Crippen LogP contribution < -0.4 is 5.32 Å². The van der Waals surface area contributed by atoms with Crippen LogP contribution in [0, 0.1) is 6.92 Å². The van der Waals surface area contributed by atoms with Crippen LogP contribution in [0.3, 0.4) is 0 Å². The summed E-state index contributed by atoms with van der Waals surface area (Å²) >= 11 is 3.69. The van der Waals surface area contributed by atoms with Gasteiger partial charge in [-0.15, -0.1) is 10.2 Å². The molecule has 1 aliphatic heterocycles. The normalized spacial score (nSPS) is 26.7. The Kier molecular flexibility index (Phi) is 2.97. The summed E-state index contributed by atoms with van der Waals surface area (Å²) in [5, 5.41) is 13.4. The van der Waals surface area contributed by atoms with Gasteiger partial charge in [-0.25, -0.2) is 0 Å². The van der Waals surface area contributed by atoms with E-state index in [1.807, 2.05) is 6.92 Å². The van der Waals surface area contributed by atoms with Gasteiger partial charge in [-0.2, -0.15) is 11.8 Å². The van der Waals surface area contributed by atoms with Crippen molar-refractivity contribution in [3.63, 3.8) is 0 Å². The molecule has 1 aromatic heterocycles. The van der Waals surface area contributed by atoms with Crippen molar-refractivity contribution in [3.05, 3.63) is 5.01 Å². The molecule has 3 nitrogen and oxygen atoms in total. The molecule has 1 saturated heterocycles. The average molecular weight is 229 g/mol. The van der Waals surface area contributed by atoms with Crippen LogP contribution in [0.5, 0.6) is 0 Å². The van der Waals surface area contributed by atoms with E-state index >= 15 is 0 Å². The molecular formula is C9H15N3S2. The van der Waals surface area contributed by atoms with Gasteiger partial charge < -0.3 is 5.32 Å². The van der Waals surface area contributed by atoms with Crippen molar-refractivity contribution in [2.45, 2.75) is 31.4 Å². The lowest BCUT2D eigenvalue weighted by molar-refractivity contribution is 0.634. The number of rotatable bonds is 3. The van der Waals surface area contributed by atoms with Crippen molar-refractivity contribution in [2.75, 3.05) is 17.6 Å². The molecule has 14 heavy (non-hydrogen) atoms. The van der Waals surface area contributed by atoms with Crippen molar-refractivity contribution in [1.29, 1.82) is 0 Å². The molecular weight excluding hydrogens is 214 g/mol. The fourth-order valence-electron chi connectivity index (χ4n) is 1.61. The molecule has 0 amide bonds. The maximum absolute atomic E-state index is 4.06. The van der Waals surface area contributed by atoms with E-state index in [0.717, 1.165) is 16.7 Å². The highest BCUT2D eigenvalue weighted by molar-refractivity contribution is 8.00. The summed E-state index contributed by atoms with van der Waals surface area (Å²) in [5.41, 5.74) is 0. The fraction of sp³-hybridized carbons (Fsp3) is 0.778. The zero-order valence-corrected chi connectivity index (χ0v) is 10.2. The van der Waals surface area contributed by atoms with Gasteiger partial charge in [0.2, 0.25) is 5.13 Å². The maximum Gasteiger partial charge on any atom is 0.205 e. The molecule has 1 aromatic rings. The van der Waals surface area contributed by atoms with Crippen LogP contribution in [0.25, 0.3) is 0 Å². The molecule has 0 aromatic carbocycles. The van der Waals surface area contributed by atoms with Crippen LogP contribution in [0.4, 0.5) is 5.13 Å². The minimum absolute atomic E-state index is 0.402. The number of hydrogen-bond donors (Lipinski definition) is 1. The van der Waals surface area contributed by atoms with Crippen LogP contribution in [0.1, 0.15) is 24.8 Å². The monoisotopic (exact) mass is 229 g/mol. The smallest absolute Gasteiger partial charge is 0.205 e. The van der Waals surface area contributed by atoms with Crippen LogP contribution in [0.15, 0.2) is 0 Å². The Morgan fingerprint density at radius 1 is 1.50 bits per heavy atom. The fourth-order valence-corrected chi connectivity index (χ4v) is 3.44. The first-order valence-electron chi connectivity index (χ1n) is 4.86. The number of aryl methyl sites for hydroxylation is 1. The first kappa shape index (κ1) is 10.2. The Bertz CT molecular complexity index is 305. The summed E-state index contributed by atoms with van der Waals surface area (Å²) in [4.78, 5) is 0. The molecule has 0 radical (unpaired) electrons. The lowest BCUT2D eigenvalue weighted by Crippen LogP contribution is -2.26. The van der Waals surface area contributed by atoms with Gasteiger partial charge in [0.15, 0.2) is 0 Å². The third-order valence-electron chi connectivity index (χ3n) is 2.44. The third kappa shape index (κ3) is 2.39. The zero-order valence-electron chi connectivity index (χ0n) is 8.54. The molecule has 2 rings (SSSR count). The molecule has 2 heterocycles. The van der Waals surface area contributed by atoms with Crippen molar-refractivity contribution < 1.29 is 0 Å². The Labute approximate surface area is 92.7 Å². The van der Waals surface area contributed by atoms with Crippen molar-refractivity contribution in [1.82, 2.24) is 10.2 Å². The van der Waals surface area contributed by atoms with Gasteiger partial charge in [0.25, 0.3) is 0 Å². The molecule has 78 valence electrons. The first-order chi connectivity index (χ1) is 6.68. The average Bonchev–Trinajstić information content (AvgIpc) is 2.73. The van der Waals surface area contributed by atoms with E-state index in [2.05, 4.69) is 34.2 Å². The lowest BCUT2D eigenvalue weighted by atomic mass is 10.1. The SMILES string of the molecule is Cc1nnc(NCC2(C)CCCS2)s1. The predicted molar refractivity (Wildman–Crippen MR) is 63.2 cm³/mol. The topological polar surface area (TPSA) is 37.8 Å². The predicted octanol–water partition coefficient (Wildman–Crippen LogP) is 2.54. The second kappa shape index (κ2) is 4.06. The van der Waals surface area contributed by atoms with E-state index in [-0.39, 0.29) is 0 Å². The molecule has 0 saturated carbocycles. The Hall–Kier alpha value is -0.290. The highest BCUT2D eigenvalue weighted by Crippen LogP contribution is 2.37. The third-order valence-corrected chi connectivity index (χ3v) is 4.77. The summed E-state index contributed by atoms with van der Waals surface area (Å²) in [5.74, 6) is 1.30. The molecule has 0 bridgehead atoms. The molecule has 0 spiro atoms. The maximum atomic E-state index is 4.06. The summed E-state index contributed by atoms with van der Waals surface area (Å²) < 4.78 is 0.402. The Morgan fingerprint density at radius 3 is 2.93 bits per heavy atom. The molecule has 5 heteroatoms. The van der Waals surface area contributed by atoms with Gasteiger partial charge >= 0.3 is 0 Å². The number of nitrogens with one attached hydrogen (secondary N) is 1. The second-order valence-corrected chi connectivity index (χ2v) is 6.75. The summed E-state index contributed by atoms with van der Waals surface area (Å²) in [6.45, 7) is 5.31. The molecule has 0 aliphatic carbocycles. The minimum atomic E-state index is 0.402. The van der Waals surface area contributed by atoms with Gasteiger partial charge in [0.1, 0.15) is 5.01 Å². The quantitative estimate of drug-likeness (QED) is 0.864. The van der Waals surface area contributed by atoms with Gasteiger partial charge in [-0.3, -0.25) is 0 Å². The molecule has 1 N–H and O–H groups in total. The van der Waals surface area contributed by atoms with Crippen LogP contribution in [0.2, 0.25) is 0 Å². The molecule has 1 atom stereocenters. The standard InChI is InChI=1S/C9H15N3S2/c1-7-11-12-8(14-7)10-6-9(2)4-3-5-13-9/h3-6H2,1-2H3,(H,10,12). The summed E-state index contributed by atoms with van der Waals surface area (Å²) in [6, 6.07) is 0. The van der Waals surface area contributed by atoms with Gasteiger partial charge in [0, 0.05) is 11.3 Å². The van der Waals surface area contributed by atoms with Gasteiger partial charge in [-0.1, -0.05) is 11.3 Å². The van der Waals surface area contributed by atoms with E-state index in [0.29, 0.717) is 4.75 Å². The van der Waals surface area contributed by atoms with Crippen molar-refractivity contribution in [3.8, 4) is 0 Å². The summed E-state index contributed by atoms with van der Waals surface area (Å²) in [6.07, 6.45) is 2.65. The highest BCUT2D eigenvalue weighted by atomic mass is 32.2. The van der Waals surface area contributed by atoms with Crippen molar-refractivity contribution >= 4 is 28.2 Å². The zero-order chi connectivity index (χ0) is 10.0. The minimum Gasteiger partial charge on any atom is -0.359 e. The van der Waals surface area contributed by atoms with Gasteiger partial charge in [-0.05, 0) is 32.4 Å². The summed E-state index contributed by atoms with van der Waals surface area (Å²) in [7, 11) is 0. The van der Waals surface area contributed by atoms with Crippen LogP contribution in [-0.4, -0.2) is 27.2 Å². The Balaban J connectivity index is 1.87. The van der Waals surface area contributed by atoms with E-state index in [1.54, 1.807) is 11.3 Å². The van der Waals surface area contributed by atoms with E-state index < -0.39 is 0 Å². The van der Waals surface area contributed by atoms with Crippen LogP contribution >= 0.6 is 23.1 Å². The van der Waals surface area contributed by atoms with Gasteiger partial charge in [0.05, 0.1) is 0 Å². The molecule has 1 fully saturated rings. The number of hydrogen-bond acceptors (Lipinski definition) is 5. The number of thioether (sulfide) groups is 1. The van der Waals surface area contributed by atoms with E-state index in [4.69, 9.17) is 0 Å². The largest absolute Gasteiger partial charge is 0.359 e. The first-order valence-corrected chi connectivity index (χ1v) is 6.66. The number of anilines is 1. The highest BCUT2D eigenvalue weighted by Gasteiger charge is 2.29. The molecule has 1 aliphatic rings. The van der Waals surface area contributed by atoms with Crippen molar-refractivity contribution in [2.24, 2.45) is 0 Å². The number of aromatic nitrogens is 2. The van der Waals surface area contributed by atoms with Crippen LogP contribution in [-0.2, 0) is 0 Å². The number of nitrogens with zero attached hydrogens (tertiary/aromatic N) is 2. The Morgan fingerprint density at radius 2 is 2.36 bits per heavy atom. The van der Waals surface area contributed by atoms with E-state index in [9.17, 15) is 0 Å². The molecule has 1 unspecified atom stereocenters.